The largest absolute Gasteiger partial charge is 0.370 e. The molecule has 0 spiro atoms. The van der Waals surface area contributed by atoms with Gasteiger partial charge in [0.05, 0.1) is 0 Å². The van der Waals surface area contributed by atoms with E-state index in [0.717, 1.165) is 30.4 Å². The topological polar surface area (TPSA) is 55.6 Å². The van der Waals surface area contributed by atoms with Crippen LogP contribution in [-0.2, 0) is 0 Å². The lowest BCUT2D eigenvalue weighted by Gasteiger charge is -2.11. The van der Waals surface area contributed by atoms with Gasteiger partial charge in [-0.05, 0) is 12.5 Å². The van der Waals surface area contributed by atoms with Gasteiger partial charge in [-0.25, -0.2) is 14.6 Å². The molecule has 0 saturated heterocycles. The molecule has 2 aromatic rings. The summed E-state index contributed by atoms with van der Waals surface area (Å²) in [5.41, 5.74) is 0. The predicted molar refractivity (Wildman–Crippen MR) is 72.0 cm³/mol. The molecule has 0 bridgehead atoms. The third-order valence-electron chi connectivity index (χ3n) is 2.54. The highest BCUT2D eigenvalue weighted by molar-refractivity contribution is 5.41. The van der Waals surface area contributed by atoms with Gasteiger partial charge in [-0.2, -0.15) is 5.10 Å². The summed E-state index contributed by atoms with van der Waals surface area (Å²) in [7, 11) is 0. The Hall–Kier alpha value is -1.91. The lowest BCUT2D eigenvalue weighted by Crippen LogP contribution is -2.09. The van der Waals surface area contributed by atoms with Crippen molar-refractivity contribution >= 4 is 5.82 Å². The molecule has 0 aliphatic heterocycles. The van der Waals surface area contributed by atoms with E-state index in [1.54, 1.807) is 10.9 Å². The van der Waals surface area contributed by atoms with Crippen LogP contribution in [0.1, 0.15) is 38.9 Å². The first-order chi connectivity index (χ1) is 8.70. The summed E-state index contributed by atoms with van der Waals surface area (Å²) in [6.07, 6.45) is 4.70. The second-order valence-electron chi connectivity index (χ2n) is 4.50. The Labute approximate surface area is 107 Å². The molecule has 5 nitrogen and oxygen atoms in total. The molecular weight excluding hydrogens is 226 g/mol. The summed E-state index contributed by atoms with van der Waals surface area (Å²) in [6.45, 7) is 7.22. The number of aromatic nitrogens is 4. The van der Waals surface area contributed by atoms with Crippen molar-refractivity contribution in [1.82, 2.24) is 19.7 Å². The Balaban J connectivity index is 2.36. The van der Waals surface area contributed by atoms with E-state index in [2.05, 4.69) is 41.2 Å². The molecule has 0 aliphatic rings. The Kier molecular flexibility index (Phi) is 3.92. The Bertz CT molecular complexity index is 490. The van der Waals surface area contributed by atoms with E-state index in [0.29, 0.717) is 5.92 Å². The van der Waals surface area contributed by atoms with Crippen LogP contribution in [0.4, 0.5) is 5.82 Å². The highest BCUT2D eigenvalue weighted by Crippen LogP contribution is 2.16. The molecule has 2 heterocycles. The molecule has 5 heteroatoms. The van der Waals surface area contributed by atoms with Gasteiger partial charge in [-0.3, -0.25) is 0 Å². The van der Waals surface area contributed by atoms with Gasteiger partial charge >= 0.3 is 0 Å². The van der Waals surface area contributed by atoms with Crippen molar-refractivity contribution < 1.29 is 0 Å². The lowest BCUT2D eigenvalue weighted by molar-refractivity contribution is 0.745. The summed E-state index contributed by atoms with van der Waals surface area (Å²) >= 11 is 0. The van der Waals surface area contributed by atoms with Crippen LogP contribution < -0.4 is 5.32 Å². The third-order valence-corrected chi connectivity index (χ3v) is 2.54. The molecule has 0 fully saturated rings. The highest BCUT2D eigenvalue weighted by Gasteiger charge is 2.09. The van der Waals surface area contributed by atoms with Crippen molar-refractivity contribution in [3.05, 3.63) is 30.4 Å². The second kappa shape index (κ2) is 5.62. The van der Waals surface area contributed by atoms with Gasteiger partial charge in [0.2, 0.25) is 0 Å². The van der Waals surface area contributed by atoms with Gasteiger partial charge in [-0.15, -0.1) is 0 Å². The van der Waals surface area contributed by atoms with Crippen LogP contribution in [0, 0.1) is 0 Å². The Morgan fingerprint density at radius 2 is 2.17 bits per heavy atom. The Morgan fingerprint density at radius 1 is 1.33 bits per heavy atom. The van der Waals surface area contributed by atoms with Crippen LogP contribution in [0.3, 0.4) is 0 Å². The van der Waals surface area contributed by atoms with Crippen molar-refractivity contribution in [2.75, 3.05) is 11.9 Å². The SMILES string of the molecule is CCCNc1cc(-n2cccn2)nc(C(C)C)n1. The van der Waals surface area contributed by atoms with Crippen LogP contribution in [0.25, 0.3) is 5.82 Å². The summed E-state index contributed by atoms with van der Waals surface area (Å²) in [4.78, 5) is 9.05. The first-order valence-electron chi connectivity index (χ1n) is 6.33. The van der Waals surface area contributed by atoms with Crippen LogP contribution >= 0.6 is 0 Å². The average molecular weight is 245 g/mol. The van der Waals surface area contributed by atoms with Crippen molar-refractivity contribution in [1.29, 1.82) is 0 Å². The van der Waals surface area contributed by atoms with Gasteiger partial charge in [0.25, 0.3) is 0 Å². The number of nitrogens with one attached hydrogen (secondary N) is 1. The summed E-state index contributed by atoms with van der Waals surface area (Å²) in [5, 5.41) is 7.51. The molecule has 0 atom stereocenters. The zero-order valence-electron chi connectivity index (χ0n) is 11.1. The number of anilines is 1. The number of rotatable bonds is 5. The summed E-state index contributed by atoms with van der Waals surface area (Å²) in [6, 6.07) is 3.81. The van der Waals surface area contributed by atoms with Gasteiger partial charge in [0, 0.05) is 30.9 Å². The lowest BCUT2D eigenvalue weighted by atomic mass is 10.2. The molecule has 0 aromatic carbocycles. The van der Waals surface area contributed by atoms with Crippen LogP contribution in [0.2, 0.25) is 0 Å². The number of hydrogen-bond donors (Lipinski definition) is 1. The number of hydrogen-bond acceptors (Lipinski definition) is 4. The predicted octanol–water partition coefficient (Wildman–Crippen LogP) is 2.61. The fraction of sp³-hybridized carbons (Fsp3) is 0.462. The van der Waals surface area contributed by atoms with Crippen LogP contribution in [-0.4, -0.2) is 26.3 Å². The van der Waals surface area contributed by atoms with Gasteiger partial charge in [-0.1, -0.05) is 20.8 Å². The molecule has 96 valence electrons. The van der Waals surface area contributed by atoms with E-state index < -0.39 is 0 Å². The normalized spacial score (nSPS) is 10.9. The molecule has 0 radical (unpaired) electrons. The minimum absolute atomic E-state index is 0.294. The molecular formula is C13H19N5. The molecule has 0 saturated carbocycles. The first kappa shape index (κ1) is 12.5. The maximum Gasteiger partial charge on any atom is 0.159 e. The van der Waals surface area contributed by atoms with E-state index in [1.807, 2.05) is 18.3 Å². The fourth-order valence-electron chi connectivity index (χ4n) is 1.58. The second-order valence-corrected chi connectivity index (χ2v) is 4.50. The molecule has 0 unspecified atom stereocenters. The van der Waals surface area contributed by atoms with Gasteiger partial charge in [0.1, 0.15) is 11.6 Å². The van der Waals surface area contributed by atoms with Crippen LogP contribution in [0.5, 0.6) is 0 Å². The summed E-state index contributed by atoms with van der Waals surface area (Å²) in [5.74, 6) is 2.79. The summed E-state index contributed by atoms with van der Waals surface area (Å²) < 4.78 is 1.75. The van der Waals surface area contributed by atoms with E-state index in [4.69, 9.17) is 0 Å². The molecule has 1 N–H and O–H groups in total. The maximum atomic E-state index is 4.53. The zero-order chi connectivity index (χ0) is 13.0. The van der Waals surface area contributed by atoms with Crippen molar-refractivity contribution in [3.8, 4) is 5.82 Å². The standard InChI is InChI=1S/C13H19N5/c1-4-6-14-11-9-12(18-8-5-7-15-18)17-13(16-11)10(2)3/h5,7-10H,4,6H2,1-3H3,(H,14,16,17). The minimum Gasteiger partial charge on any atom is -0.370 e. The van der Waals surface area contributed by atoms with Crippen molar-refractivity contribution in [3.63, 3.8) is 0 Å². The quantitative estimate of drug-likeness (QED) is 0.879. The minimum atomic E-state index is 0.294. The molecule has 0 amide bonds. The Morgan fingerprint density at radius 3 is 2.78 bits per heavy atom. The molecule has 0 aliphatic carbocycles. The average Bonchev–Trinajstić information content (AvgIpc) is 2.89. The van der Waals surface area contributed by atoms with Crippen LogP contribution in [0.15, 0.2) is 24.5 Å². The molecule has 2 rings (SSSR count). The molecule has 2 aromatic heterocycles. The fourth-order valence-corrected chi connectivity index (χ4v) is 1.58. The zero-order valence-corrected chi connectivity index (χ0v) is 11.1. The maximum absolute atomic E-state index is 4.53. The number of nitrogens with zero attached hydrogens (tertiary/aromatic N) is 4. The highest BCUT2D eigenvalue weighted by atomic mass is 15.3. The van der Waals surface area contributed by atoms with Crippen molar-refractivity contribution in [2.24, 2.45) is 0 Å². The van der Waals surface area contributed by atoms with Crippen molar-refractivity contribution in [2.45, 2.75) is 33.1 Å². The molecule has 18 heavy (non-hydrogen) atoms. The monoisotopic (exact) mass is 245 g/mol. The van der Waals surface area contributed by atoms with E-state index in [1.165, 1.54) is 0 Å². The van der Waals surface area contributed by atoms with Gasteiger partial charge in [0.15, 0.2) is 5.82 Å². The smallest absolute Gasteiger partial charge is 0.159 e. The first-order valence-corrected chi connectivity index (χ1v) is 6.33. The van der Waals surface area contributed by atoms with E-state index in [9.17, 15) is 0 Å². The van der Waals surface area contributed by atoms with E-state index in [-0.39, 0.29) is 0 Å². The van der Waals surface area contributed by atoms with Gasteiger partial charge < -0.3 is 5.32 Å². The third kappa shape index (κ3) is 2.85. The van der Waals surface area contributed by atoms with E-state index >= 15 is 0 Å².